The van der Waals surface area contributed by atoms with E-state index in [1.807, 2.05) is 60.7 Å². The lowest BCUT2D eigenvalue weighted by Crippen LogP contribution is -2.49. The molecule has 1 saturated heterocycles. The van der Waals surface area contributed by atoms with Gasteiger partial charge in [0.2, 0.25) is 17.7 Å². The molecule has 0 spiro atoms. The summed E-state index contributed by atoms with van der Waals surface area (Å²) in [4.78, 5) is 47.6. The molecular weight excluding hydrogens is 560 g/mol. The Morgan fingerprint density at radius 3 is 2.70 bits per heavy atom. The molecule has 4 heterocycles. The van der Waals surface area contributed by atoms with Crippen molar-refractivity contribution in [3.05, 3.63) is 83.7 Å². The maximum atomic E-state index is 13.4. The Bertz CT molecular complexity index is 1490. The Morgan fingerprint density at radius 1 is 1.02 bits per heavy atom. The van der Waals surface area contributed by atoms with Gasteiger partial charge in [-0.3, -0.25) is 19.4 Å². The lowest BCUT2D eigenvalue weighted by atomic mass is 10.1. The molecule has 3 aromatic rings. The van der Waals surface area contributed by atoms with Crippen LogP contribution in [0.5, 0.6) is 17.2 Å². The Labute approximate surface area is 257 Å². The quantitative estimate of drug-likeness (QED) is 0.477. The molecule has 4 aliphatic rings. The molecular formula is C34H38N4O6. The van der Waals surface area contributed by atoms with Gasteiger partial charge in [-0.15, -0.1) is 0 Å². The first kappa shape index (κ1) is 29.6. The lowest BCUT2D eigenvalue weighted by Gasteiger charge is -2.25. The number of methoxy groups -OCH3 is 1. The number of hydrogen-bond acceptors (Lipinski definition) is 7. The van der Waals surface area contributed by atoms with Crippen LogP contribution in [0, 0.1) is 0 Å². The summed E-state index contributed by atoms with van der Waals surface area (Å²) in [5.41, 5.74) is 2.70. The average molecular weight is 599 g/mol. The molecule has 2 fully saturated rings. The Morgan fingerprint density at radius 2 is 1.91 bits per heavy atom. The van der Waals surface area contributed by atoms with Gasteiger partial charge in [0.05, 0.1) is 32.4 Å². The number of carbonyl (C=O) groups is 3. The van der Waals surface area contributed by atoms with Crippen LogP contribution in [0.2, 0.25) is 0 Å². The molecule has 0 unspecified atom stereocenters. The number of nitrogens with zero attached hydrogens (tertiary/aromatic N) is 3. The number of aromatic nitrogens is 1. The molecule has 7 rings (SSSR count). The molecule has 230 valence electrons. The normalized spacial score (nSPS) is 21.0. The minimum absolute atomic E-state index is 0.0136. The monoisotopic (exact) mass is 598 g/mol. The van der Waals surface area contributed by atoms with E-state index in [0.717, 1.165) is 29.7 Å². The van der Waals surface area contributed by atoms with Gasteiger partial charge in [-0.05, 0) is 73.2 Å². The summed E-state index contributed by atoms with van der Waals surface area (Å²) < 4.78 is 18.1. The summed E-state index contributed by atoms with van der Waals surface area (Å²) in [6.45, 7) is 0.952. The number of hydrogen-bond donors (Lipinski definition) is 1. The molecule has 3 aliphatic heterocycles. The maximum Gasteiger partial charge on any atom is 0.240 e. The van der Waals surface area contributed by atoms with Crippen molar-refractivity contribution in [2.24, 2.45) is 0 Å². The van der Waals surface area contributed by atoms with Crippen molar-refractivity contribution in [2.45, 2.75) is 63.3 Å². The van der Waals surface area contributed by atoms with Crippen molar-refractivity contribution in [3.8, 4) is 17.2 Å². The molecule has 44 heavy (non-hydrogen) atoms. The highest BCUT2D eigenvalue weighted by Gasteiger charge is 2.38. The topological polar surface area (TPSA) is 110 Å². The van der Waals surface area contributed by atoms with Crippen LogP contribution >= 0.6 is 0 Å². The number of carbonyl (C=O) groups excluding carboxylic acids is 3. The molecule has 2 aromatic carbocycles. The second kappa shape index (κ2) is 13.5. The molecule has 3 amide bonds. The number of aryl methyl sites for hydroxylation is 2. The number of benzene rings is 2. The van der Waals surface area contributed by atoms with Gasteiger partial charge in [-0.25, -0.2) is 0 Å². The number of likely N-dealkylation sites (tertiary alicyclic amines) is 1. The molecule has 2 atom stereocenters. The summed E-state index contributed by atoms with van der Waals surface area (Å²) in [5.74, 6) is 1.47. The highest BCUT2D eigenvalue weighted by Crippen LogP contribution is 2.34. The van der Waals surface area contributed by atoms with Gasteiger partial charge in [0.15, 0.2) is 11.5 Å². The van der Waals surface area contributed by atoms with Gasteiger partial charge in [0, 0.05) is 43.9 Å². The highest BCUT2D eigenvalue weighted by molar-refractivity contribution is 5.86. The van der Waals surface area contributed by atoms with Crippen LogP contribution in [-0.4, -0.2) is 77.4 Å². The fourth-order valence-electron chi connectivity index (χ4n) is 5.81. The zero-order valence-electron chi connectivity index (χ0n) is 24.9. The van der Waals surface area contributed by atoms with Crippen molar-refractivity contribution in [1.29, 1.82) is 0 Å². The number of amides is 3. The van der Waals surface area contributed by atoms with Crippen LogP contribution in [0.1, 0.15) is 42.5 Å². The van der Waals surface area contributed by atoms with Gasteiger partial charge in [0.25, 0.3) is 0 Å². The maximum absolute atomic E-state index is 13.4. The van der Waals surface area contributed by atoms with Crippen molar-refractivity contribution in [3.63, 3.8) is 0 Å². The summed E-state index contributed by atoms with van der Waals surface area (Å²) in [7, 11) is 1.59. The van der Waals surface area contributed by atoms with E-state index in [2.05, 4.69) is 10.3 Å². The van der Waals surface area contributed by atoms with Gasteiger partial charge < -0.3 is 29.3 Å². The van der Waals surface area contributed by atoms with Crippen molar-refractivity contribution in [2.75, 3.05) is 26.7 Å². The van der Waals surface area contributed by atoms with Crippen molar-refractivity contribution < 1.29 is 28.6 Å². The third-order valence-electron chi connectivity index (χ3n) is 8.35. The van der Waals surface area contributed by atoms with E-state index in [4.69, 9.17) is 14.2 Å². The molecule has 10 heteroatoms. The van der Waals surface area contributed by atoms with Crippen LogP contribution < -0.4 is 14.8 Å². The van der Waals surface area contributed by atoms with Crippen molar-refractivity contribution in [1.82, 2.24) is 20.1 Å². The number of nitrogens with one attached hydrogen (secondary N) is 1. The van der Waals surface area contributed by atoms with E-state index >= 15 is 0 Å². The average Bonchev–Trinajstić information content (AvgIpc) is 3.81. The van der Waals surface area contributed by atoms with E-state index < -0.39 is 12.1 Å². The number of ether oxygens (including phenoxy) is 3. The molecule has 1 aliphatic carbocycles. The summed E-state index contributed by atoms with van der Waals surface area (Å²) in [5, 5.41) is 3.10. The van der Waals surface area contributed by atoms with Crippen LogP contribution in [0.3, 0.4) is 0 Å². The van der Waals surface area contributed by atoms with E-state index in [1.165, 1.54) is 0 Å². The van der Waals surface area contributed by atoms with E-state index in [0.29, 0.717) is 49.6 Å². The third-order valence-corrected chi connectivity index (χ3v) is 8.35. The first-order valence-electron chi connectivity index (χ1n) is 15.3. The zero-order valence-corrected chi connectivity index (χ0v) is 24.9. The molecule has 4 bridgehead atoms. The SMILES string of the molecule is COc1cc2ccc1Oc1cccc(c1)CO[C@H]1CN(C(=O)CCc3ccccn3)C[C@@H]1NC(=O)CN(C1CC1)C(=O)CC2. The molecule has 1 N–H and O–H groups in total. The molecule has 1 aromatic heterocycles. The van der Waals surface area contributed by atoms with Crippen molar-refractivity contribution >= 4 is 17.7 Å². The van der Waals surface area contributed by atoms with Gasteiger partial charge >= 0.3 is 0 Å². The first-order valence-corrected chi connectivity index (χ1v) is 15.3. The summed E-state index contributed by atoms with van der Waals surface area (Å²) in [6, 6.07) is 18.6. The highest BCUT2D eigenvalue weighted by atomic mass is 16.5. The molecule has 0 radical (unpaired) electrons. The van der Waals surface area contributed by atoms with Gasteiger partial charge in [0.1, 0.15) is 5.75 Å². The fourth-order valence-corrected chi connectivity index (χ4v) is 5.81. The number of pyridine rings is 1. The van der Waals surface area contributed by atoms with Crippen LogP contribution in [0.15, 0.2) is 66.9 Å². The van der Waals surface area contributed by atoms with Crippen LogP contribution in [0.4, 0.5) is 0 Å². The van der Waals surface area contributed by atoms with E-state index in [9.17, 15) is 14.4 Å². The number of fused-ring (bicyclic) bond motifs is 9. The second-order valence-corrected chi connectivity index (χ2v) is 11.6. The summed E-state index contributed by atoms with van der Waals surface area (Å²) in [6.07, 6.45) is 4.75. The fraction of sp³-hybridized carbons (Fsp3) is 0.412. The zero-order chi connectivity index (χ0) is 30.5. The molecule has 10 nitrogen and oxygen atoms in total. The lowest BCUT2D eigenvalue weighted by molar-refractivity contribution is -0.137. The van der Waals surface area contributed by atoms with Crippen LogP contribution in [0.25, 0.3) is 0 Å². The Balaban J connectivity index is 1.22. The van der Waals surface area contributed by atoms with E-state index in [1.54, 1.807) is 23.1 Å². The predicted molar refractivity (Wildman–Crippen MR) is 162 cm³/mol. The molecule has 1 saturated carbocycles. The Kier molecular flexibility index (Phi) is 9.07. The smallest absolute Gasteiger partial charge is 0.240 e. The van der Waals surface area contributed by atoms with Gasteiger partial charge in [-0.2, -0.15) is 0 Å². The number of rotatable bonds is 5. The standard InChI is InChI=1S/C34H38N4O6/c1-42-30-18-23-8-13-29(30)44-27-7-4-5-24(17-27)22-43-31-20-37(33(40)15-10-25-6-2-3-16-35-25)19-28(31)36-32(39)21-38(26-11-12-26)34(41)14-9-23/h2-8,13,16-18,26,28,31H,9-12,14-15,19-22H2,1H3,(H,36,39)/t28-,31-/m0/s1. The third kappa shape index (κ3) is 7.37. The van der Waals surface area contributed by atoms with Gasteiger partial charge in [-0.1, -0.05) is 24.3 Å². The van der Waals surface area contributed by atoms with E-state index in [-0.39, 0.29) is 43.3 Å². The summed E-state index contributed by atoms with van der Waals surface area (Å²) >= 11 is 0. The minimum atomic E-state index is -0.415. The Hall–Kier alpha value is -4.44. The minimum Gasteiger partial charge on any atom is -0.493 e. The van der Waals surface area contributed by atoms with Crippen LogP contribution in [-0.2, 0) is 38.6 Å². The first-order chi connectivity index (χ1) is 21.4. The second-order valence-electron chi connectivity index (χ2n) is 11.6. The predicted octanol–water partition coefficient (Wildman–Crippen LogP) is 3.66. The largest absolute Gasteiger partial charge is 0.493 e.